The second-order valence-electron chi connectivity index (χ2n) is 3.75. The summed E-state index contributed by atoms with van der Waals surface area (Å²) in [6, 6.07) is 5.59. The Morgan fingerprint density at radius 1 is 1.17 bits per heavy atom. The van der Waals surface area contributed by atoms with Gasteiger partial charge in [-0.2, -0.15) is 0 Å². The zero-order chi connectivity index (χ0) is 12.8. The molecule has 2 rings (SSSR count). The van der Waals surface area contributed by atoms with E-state index in [-0.39, 0.29) is 0 Å². The van der Waals surface area contributed by atoms with Crippen LogP contribution in [-0.4, -0.2) is 21.5 Å². The second kappa shape index (κ2) is 5.81. The minimum absolute atomic E-state index is 0.497. The lowest BCUT2D eigenvalue weighted by Gasteiger charge is -2.11. The summed E-state index contributed by atoms with van der Waals surface area (Å²) < 4.78 is 0. The minimum Gasteiger partial charge on any atom is -0.393 e. The molecule has 0 unspecified atom stereocenters. The van der Waals surface area contributed by atoms with Crippen LogP contribution in [0, 0.1) is 0 Å². The van der Waals surface area contributed by atoms with Gasteiger partial charge in [-0.1, -0.05) is 13.0 Å². The summed E-state index contributed by atoms with van der Waals surface area (Å²) in [7, 11) is 0. The highest BCUT2D eigenvalue weighted by Gasteiger charge is 2.07. The van der Waals surface area contributed by atoms with E-state index in [0.29, 0.717) is 23.1 Å². The Kier molecular flexibility index (Phi) is 3.90. The second-order valence-corrected chi connectivity index (χ2v) is 3.75. The molecular formula is C12H16N6. The van der Waals surface area contributed by atoms with Crippen molar-refractivity contribution < 1.29 is 0 Å². The first-order valence-corrected chi connectivity index (χ1v) is 5.83. The third kappa shape index (κ3) is 2.85. The molecule has 94 valence electrons. The molecule has 0 aliphatic heterocycles. The Bertz CT molecular complexity index is 499. The number of rotatable bonds is 5. The van der Waals surface area contributed by atoms with Crippen molar-refractivity contribution in [1.82, 2.24) is 15.0 Å². The van der Waals surface area contributed by atoms with Gasteiger partial charge in [-0.15, -0.1) is 0 Å². The normalized spacial score (nSPS) is 10.1. The van der Waals surface area contributed by atoms with Gasteiger partial charge in [0.2, 0.25) is 0 Å². The molecule has 6 nitrogen and oxygen atoms in total. The molecule has 0 saturated carbocycles. The number of nitrogens with two attached hydrogens (primary N) is 1. The van der Waals surface area contributed by atoms with E-state index in [9.17, 15) is 0 Å². The summed E-state index contributed by atoms with van der Waals surface area (Å²) >= 11 is 0. The minimum atomic E-state index is 0.497. The molecule has 2 aromatic heterocycles. The van der Waals surface area contributed by atoms with E-state index in [0.717, 1.165) is 13.0 Å². The van der Waals surface area contributed by atoms with Gasteiger partial charge in [0.25, 0.3) is 0 Å². The summed E-state index contributed by atoms with van der Waals surface area (Å²) in [6.45, 7) is 2.90. The maximum Gasteiger partial charge on any atom is 0.160 e. The maximum atomic E-state index is 5.99. The smallest absolute Gasteiger partial charge is 0.160 e. The van der Waals surface area contributed by atoms with Gasteiger partial charge in [0.05, 0.1) is 0 Å². The van der Waals surface area contributed by atoms with Gasteiger partial charge < -0.3 is 16.4 Å². The standard InChI is InChI=1S/C12H16N6/c1-2-6-15-11-10(13)12(17-8-16-11)18-9-5-3-4-7-14-9/h3-5,7-8H,2,6,13H2,1H3,(H2,14,15,16,17,18). The molecule has 0 bridgehead atoms. The topological polar surface area (TPSA) is 88.8 Å². The molecular weight excluding hydrogens is 228 g/mol. The molecule has 4 N–H and O–H groups in total. The zero-order valence-corrected chi connectivity index (χ0v) is 10.2. The summed E-state index contributed by atoms with van der Waals surface area (Å²) in [5, 5.41) is 6.21. The average molecular weight is 244 g/mol. The van der Waals surface area contributed by atoms with Crippen molar-refractivity contribution in [3.05, 3.63) is 30.7 Å². The Labute approximate surface area is 106 Å². The molecule has 0 atom stereocenters. The molecule has 0 aromatic carbocycles. The average Bonchev–Trinajstić information content (AvgIpc) is 2.41. The zero-order valence-electron chi connectivity index (χ0n) is 10.2. The number of nitrogens with one attached hydrogen (secondary N) is 2. The SMILES string of the molecule is CCCNc1ncnc(Nc2ccccn2)c1N. The molecule has 0 spiro atoms. The lowest BCUT2D eigenvalue weighted by Crippen LogP contribution is -2.08. The van der Waals surface area contributed by atoms with Crippen molar-refractivity contribution in [3.8, 4) is 0 Å². The van der Waals surface area contributed by atoms with E-state index >= 15 is 0 Å². The van der Waals surface area contributed by atoms with Gasteiger partial charge in [0, 0.05) is 12.7 Å². The van der Waals surface area contributed by atoms with Gasteiger partial charge in [0.1, 0.15) is 17.8 Å². The fourth-order valence-electron chi connectivity index (χ4n) is 1.44. The quantitative estimate of drug-likeness (QED) is 0.745. The van der Waals surface area contributed by atoms with Gasteiger partial charge in [-0.3, -0.25) is 0 Å². The van der Waals surface area contributed by atoms with Crippen LogP contribution < -0.4 is 16.4 Å². The predicted molar refractivity (Wildman–Crippen MR) is 72.7 cm³/mol. The Balaban J connectivity index is 2.18. The van der Waals surface area contributed by atoms with Gasteiger partial charge in [-0.05, 0) is 18.6 Å². The van der Waals surface area contributed by atoms with Crippen LogP contribution in [-0.2, 0) is 0 Å². The summed E-state index contributed by atoms with van der Waals surface area (Å²) in [6.07, 6.45) is 4.18. The molecule has 0 aliphatic rings. The molecule has 0 aliphatic carbocycles. The highest BCUT2D eigenvalue weighted by Crippen LogP contribution is 2.24. The highest BCUT2D eigenvalue weighted by molar-refractivity contribution is 5.76. The van der Waals surface area contributed by atoms with Crippen LogP contribution in [0.15, 0.2) is 30.7 Å². The molecule has 2 heterocycles. The largest absolute Gasteiger partial charge is 0.393 e. The van der Waals surface area contributed by atoms with Gasteiger partial charge in [0.15, 0.2) is 11.6 Å². The molecule has 6 heteroatoms. The van der Waals surface area contributed by atoms with E-state index in [1.807, 2.05) is 18.2 Å². The number of hydrogen-bond acceptors (Lipinski definition) is 6. The van der Waals surface area contributed by atoms with Crippen molar-refractivity contribution in [2.75, 3.05) is 22.9 Å². The van der Waals surface area contributed by atoms with E-state index < -0.39 is 0 Å². The van der Waals surface area contributed by atoms with Crippen LogP contribution in [0.3, 0.4) is 0 Å². The third-order valence-corrected chi connectivity index (χ3v) is 2.34. The van der Waals surface area contributed by atoms with Crippen LogP contribution in [0.4, 0.5) is 23.1 Å². The molecule has 0 saturated heterocycles. The van der Waals surface area contributed by atoms with Crippen LogP contribution >= 0.6 is 0 Å². The van der Waals surface area contributed by atoms with E-state index in [1.165, 1.54) is 6.33 Å². The number of hydrogen-bond donors (Lipinski definition) is 3. The first-order chi connectivity index (χ1) is 8.81. The van der Waals surface area contributed by atoms with Crippen LogP contribution in [0.1, 0.15) is 13.3 Å². The monoisotopic (exact) mass is 244 g/mol. The number of pyridine rings is 1. The lowest BCUT2D eigenvalue weighted by molar-refractivity contribution is 0.966. The molecule has 2 aromatic rings. The maximum absolute atomic E-state index is 5.99. The number of aromatic nitrogens is 3. The van der Waals surface area contributed by atoms with Crippen LogP contribution in [0.5, 0.6) is 0 Å². The van der Waals surface area contributed by atoms with Crippen molar-refractivity contribution in [3.63, 3.8) is 0 Å². The fourth-order valence-corrected chi connectivity index (χ4v) is 1.44. The lowest BCUT2D eigenvalue weighted by atomic mass is 10.4. The van der Waals surface area contributed by atoms with E-state index in [4.69, 9.17) is 5.73 Å². The van der Waals surface area contributed by atoms with E-state index in [2.05, 4.69) is 32.5 Å². The highest BCUT2D eigenvalue weighted by atomic mass is 15.1. The van der Waals surface area contributed by atoms with Gasteiger partial charge >= 0.3 is 0 Å². The first-order valence-electron chi connectivity index (χ1n) is 5.83. The van der Waals surface area contributed by atoms with Crippen LogP contribution in [0.25, 0.3) is 0 Å². The third-order valence-electron chi connectivity index (χ3n) is 2.34. The Hall–Kier alpha value is -2.37. The summed E-state index contributed by atoms with van der Waals surface area (Å²) in [5.74, 6) is 1.90. The summed E-state index contributed by atoms with van der Waals surface area (Å²) in [4.78, 5) is 12.4. The van der Waals surface area contributed by atoms with Gasteiger partial charge in [-0.25, -0.2) is 15.0 Å². The van der Waals surface area contributed by atoms with Crippen molar-refractivity contribution in [2.24, 2.45) is 0 Å². The first kappa shape index (κ1) is 12.1. The summed E-state index contributed by atoms with van der Waals surface area (Å²) in [5.41, 5.74) is 6.49. The predicted octanol–water partition coefficient (Wildman–Crippen LogP) is 2.02. The Morgan fingerprint density at radius 3 is 2.72 bits per heavy atom. The number of anilines is 4. The van der Waals surface area contributed by atoms with Crippen molar-refractivity contribution in [2.45, 2.75) is 13.3 Å². The number of nitrogens with zero attached hydrogens (tertiary/aromatic N) is 3. The molecule has 0 fully saturated rings. The fraction of sp³-hybridized carbons (Fsp3) is 0.250. The van der Waals surface area contributed by atoms with Crippen molar-refractivity contribution >= 4 is 23.1 Å². The molecule has 0 radical (unpaired) electrons. The molecule has 18 heavy (non-hydrogen) atoms. The number of nitrogen functional groups attached to an aromatic ring is 1. The van der Waals surface area contributed by atoms with E-state index in [1.54, 1.807) is 6.20 Å². The van der Waals surface area contributed by atoms with Crippen molar-refractivity contribution in [1.29, 1.82) is 0 Å². The van der Waals surface area contributed by atoms with Crippen LogP contribution in [0.2, 0.25) is 0 Å². The molecule has 0 amide bonds. The Morgan fingerprint density at radius 2 is 2.00 bits per heavy atom.